The second kappa shape index (κ2) is 14.2. The summed E-state index contributed by atoms with van der Waals surface area (Å²) in [6, 6.07) is 61.5. The average molecular weight is 773 g/mol. The topological polar surface area (TPSA) is 35.6 Å². The third-order valence-corrected chi connectivity index (χ3v) is 12.5. The molecule has 1 unspecified atom stereocenters. The number of allylic oxidation sites excluding steroid dienone is 4. The van der Waals surface area contributed by atoms with E-state index in [0.29, 0.717) is 5.92 Å². The van der Waals surface area contributed by atoms with Gasteiger partial charge in [0.05, 0.1) is 33.5 Å². The minimum absolute atomic E-state index is 0.322. The van der Waals surface area contributed by atoms with Crippen LogP contribution < -0.4 is 0 Å². The highest BCUT2D eigenvalue weighted by atomic mass is 15.0. The summed E-state index contributed by atoms with van der Waals surface area (Å²) in [7, 11) is 0. The molecule has 0 saturated heterocycles. The Balaban J connectivity index is 0.974. The molecule has 0 N–H and O–H groups in total. The molecule has 4 nitrogen and oxygen atoms in total. The quantitative estimate of drug-likeness (QED) is 0.169. The zero-order valence-electron chi connectivity index (χ0n) is 34.3. The number of aryl methyl sites for hydroxylation is 2. The van der Waals surface area contributed by atoms with Crippen molar-refractivity contribution in [1.29, 1.82) is 0 Å². The summed E-state index contributed by atoms with van der Waals surface area (Å²) in [5.41, 5.74) is 18.8. The Morgan fingerprint density at radius 2 is 0.917 bits per heavy atom. The Kier molecular flexibility index (Phi) is 8.49. The first kappa shape index (κ1) is 35.8. The number of hydrogen-bond donors (Lipinski definition) is 0. The summed E-state index contributed by atoms with van der Waals surface area (Å²) in [6.45, 7) is 8.87. The number of aromatic nitrogens is 4. The molecule has 4 heteroatoms. The van der Waals surface area contributed by atoms with Gasteiger partial charge in [0.2, 0.25) is 0 Å². The first-order valence-corrected chi connectivity index (χ1v) is 21.0. The van der Waals surface area contributed by atoms with Crippen molar-refractivity contribution in [1.82, 2.24) is 19.1 Å². The highest BCUT2D eigenvalue weighted by Crippen LogP contribution is 2.43. The van der Waals surface area contributed by atoms with E-state index in [1.54, 1.807) is 0 Å². The standard InChI is InChI=1S/C56H44N4/c1-35-17-21-40(22-18-35)49-34-50(58-56(57-49)42-23-19-36(2)20-24-42)41-27-25-39(26-28-41)47-31-38(4)55(32-37(47)3)60-53-16-10-7-13-46(53)48-33-43(29-30-54(48)60)59-51-14-8-5-11-44(51)45-12-6-9-15-52(45)59/h5-31,33-34,37H,32H2,1-4H3. The molecule has 1 aliphatic rings. The highest BCUT2D eigenvalue weighted by Gasteiger charge is 2.24. The lowest BCUT2D eigenvalue weighted by molar-refractivity contribution is 0.744. The smallest absolute Gasteiger partial charge is 0.160 e. The van der Waals surface area contributed by atoms with Crippen LogP contribution in [0.1, 0.15) is 37.0 Å². The van der Waals surface area contributed by atoms with Gasteiger partial charge in [-0.2, -0.15) is 0 Å². The van der Waals surface area contributed by atoms with Crippen molar-refractivity contribution >= 4 is 54.9 Å². The van der Waals surface area contributed by atoms with E-state index in [2.05, 4.69) is 213 Å². The third kappa shape index (κ3) is 5.98. The Bertz CT molecular complexity index is 3240. The Hall–Kier alpha value is -7.30. The Morgan fingerprint density at radius 3 is 1.50 bits per heavy atom. The van der Waals surface area contributed by atoms with E-state index in [9.17, 15) is 0 Å². The zero-order chi connectivity index (χ0) is 40.5. The van der Waals surface area contributed by atoms with Gasteiger partial charge in [0, 0.05) is 49.6 Å². The van der Waals surface area contributed by atoms with Crippen LogP contribution in [0.2, 0.25) is 0 Å². The van der Waals surface area contributed by atoms with Crippen LogP contribution in [-0.2, 0) is 0 Å². The molecular weight excluding hydrogens is 729 g/mol. The minimum atomic E-state index is 0.322. The fourth-order valence-electron chi connectivity index (χ4n) is 9.38. The van der Waals surface area contributed by atoms with Crippen molar-refractivity contribution in [3.63, 3.8) is 0 Å². The van der Waals surface area contributed by atoms with E-state index in [-0.39, 0.29) is 0 Å². The number of nitrogens with zero attached hydrogens (tertiary/aromatic N) is 4. The highest BCUT2D eigenvalue weighted by molar-refractivity contribution is 6.13. The van der Waals surface area contributed by atoms with E-state index in [0.717, 1.165) is 40.3 Å². The molecule has 0 fully saturated rings. The molecule has 1 atom stereocenters. The molecule has 3 aromatic heterocycles. The van der Waals surface area contributed by atoms with Crippen LogP contribution in [0, 0.1) is 19.8 Å². The van der Waals surface area contributed by atoms with Gasteiger partial charge in [-0.1, -0.05) is 152 Å². The Morgan fingerprint density at radius 1 is 0.450 bits per heavy atom. The molecule has 1 aliphatic carbocycles. The van der Waals surface area contributed by atoms with Crippen LogP contribution in [0.5, 0.6) is 0 Å². The number of para-hydroxylation sites is 3. The SMILES string of the molecule is CC1=C(n2c3ccccc3c3cc(-n4c5ccccc5c5ccccc54)ccc32)CC(C)C(c2ccc(-c3cc(-c4ccc(C)cc4)nc(-c4ccc(C)cc4)n3)cc2)=C1. The molecule has 0 bridgehead atoms. The van der Waals surface area contributed by atoms with E-state index in [1.807, 2.05) is 0 Å². The van der Waals surface area contributed by atoms with Gasteiger partial charge in [0.15, 0.2) is 5.82 Å². The van der Waals surface area contributed by atoms with Crippen molar-refractivity contribution in [2.75, 3.05) is 0 Å². The van der Waals surface area contributed by atoms with Crippen LogP contribution in [-0.4, -0.2) is 19.1 Å². The summed E-state index contributed by atoms with van der Waals surface area (Å²) in [5, 5.41) is 5.09. The molecule has 0 aliphatic heterocycles. The summed E-state index contributed by atoms with van der Waals surface area (Å²) < 4.78 is 4.94. The van der Waals surface area contributed by atoms with Crippen LogP contribution in [0.15, 0.2) is 182 Å². The maximum absolute atomic E-state index is 5.11. The lowest BCUT2D eigenvalue weighted by Crippen LogP contribution is -2.11. The molecule has 288 valence electrons. The first-order valence-electron chi connectivity index (χ1n) is 21.0. The summed E-state index contributed by atoms with van der Waals surface area (Å²) in [5.74, 6) is 1.06. The number of hydrogen-bond acceptors (Lipinski definition) is 2. The van der Waals surface area contributed by atoms with Gasteiger partial charge in [-0.3, -0.25) is 0 Å². The maximum atomic E-state index is 5.11. The van der Waals surface area contributed by atoms with Crippen LogP contribution in [0.25, 0.3) is 94.5 Å². The van der Waals surface area contributed by atoms with Crippen LogP contribution in [0.3, 0.4) is 0 Å². The van der Waals surface area contributed by atoms with Crippen molar-refractivity contribution in [3.8, 4) is 39.6 Å². The average Bonchev–Trinajstić information content (AvgIpc) is 3.80. The van der Waals surface area contributed by atoms with Gasteiger partial charge < -0.3 is 9.13 Å². The molecule has 0 radical (unpaired) electrons. The van der Waals surface area contributed by atoms with Crippen LogP contribution in [0.4, 0.5) is 0 Å². The second-order valence-corrected chi connectivity index (χ2v) is 16.5. The molecule has 3 heterocycles. The molecule has 11 rings (SSSR count). The molecule has 60 heavy (non-hydrogen) atoms. The maximum Gasteiger partial charge on any atom is 0.160 e. The molecule has 0 saturated carbocycles. The second-order valence-electron chi connectivity index (χ2n) is 16.5. The third-order valence-electron chi connectivity index (χ3n) is 12.5. The van der Waals surface area contributed by atoms with Gasteiger partial charge in [0.1, 0.15) is 0 Å². The fraction of sp³-hybridized carbons (Fsp3) is 0.107. The zero-order valence-corrected chi connectivity index (χ0v) is 34.3. The predicted octanol–water partition coefficient (Wildman–Crippen LogP) is 14.7. The fourth-order valence-corrected chi connectivity index (χ4v) is 9.38. The van der Waals surface area contributed by atoms with Gasteiger partial charge in [-0.05, 0) is 92.3 Å². The van der Waals surface area contributed by atoms with Gasteiger partial charge in [0.25, 0.3) is 0 Å². The van der Waals surface area contributed by atoms with Gasteiger partial charge in [-0.25, -0.2) is 9.97 Å². The van der Waals surface area contributed by atoms with Gasteiger partial charge >= 0.3 is 0 Å². The largest absolute Gasteiger partial charge is 0.313 e. The Labute approximate surface area is 350 Å². The summed E-state index contributed by atoms with van der Waals surface area (Å²) in [4.78, 5) is 10.2. The van der Waals surface area contributed by atoms with E-state index >= 15 is 0 Å². The predicted molar refractivity (Wildman–Crippen MR) is 252 cm³/mol. The first-order chi connectivity index (χ1) is 29.4. The van der Waals surface area contributed by atoms with Gasteiger partial charge in [-0.15, -0.1) is 0 Å². The van der Waals surface area contributed by atoms with E-state index in [1.165, 1.54) is 82.8 Å². The summed E-state index contributed by atoms with van der Waals surface area (Å²) >= 11 is 0. The molecular formula is C56H44N4. The van der Waals surface area contributed by atoms with Crippen molar-refractivity contribution in [2.24, 2.45) is 5.92 Å². The number of benzene rings is 7. The van der Waals surface area contributed by atoms with Crippen molar-refractivity contribution < 1.29 is 0 Å². The van der Waals surface area contributed by atoms with Crippen molar-refractivity contribution in [3.05, 3.63) is 198 Å². The molecule has 0 amide bonds. The molecule has 7 aromatic carbocycles. The number of rotatable bonds is 6. The molecule has 0 spiro atoms. The number of fused-ring (bicyclic) bond motifs is 6. The summed E-state index contributed by atoms with van der Waals surface area (Å²) in [6.07, 6.45) is 3.36. The lowest BCUT2D eigenvalue weighted by Gasteiger charge is -2.27. The minimum Gasteiger partial charge on any atom is -0.313 e. The lowest BCUT2D eigenvalue weighted by atomic mass is 9.83. The van der Waals surface area contributed by atoms with Crippen LogP contribution >= 0.6 is 0 Å². The monoisotopic (exact) mass is 772 g/mol. The van der Waals surface area contributed by atoms with E-state index in [4.69, 9.17) is 9.97 Å². The normalized spacial score (nSPS) is 14.5. The molecule has 10 aromatic rings. The van der Waals surface area contributed by atoms with E-state index < -0.39 is 0 Å². The van der Waals surface area contributed by atoms with Crippen molar-refractivity contribution in [2.45, 2.75) is 34.1 Å².